The number of aromatic nitrogens is 3. The summed E-state index contributed by atoms with van der Waals surface area (Å²) in [4.78, 5) is 29.9. The number of amides is 1. The van der Waals surface area contributed by atoms with Crippen LogP contribution >= 0.6 is 11.3 Å². The molecule has 2 heterocycles. The number of esters is 1. The van der Waals surface area contributed by atoms with Crippen LogP contribution in [-0.2, 0) is 22.4 Å². The first-order chi connectivity index (χ1) is 13.9. The molecule has 0 spiro atoms. The number of nitrogens with zero attached hydrogens (tertiary/aromatic N) is 3. The van der Waals surface area contributed by atoms with E-state index in [1.165, 1.54) is 23.5 Å². The molecule has 4 rings (SSSR count). The van der Waals surface area contributed by atoms with E-state index >= 15 is 0 Å². The van der Waals surface area contributed by atoms with Crippen LogP contribution < -0.4 is 5.32 Å². The zero-order valence-electron chi connectivity index (χ0n) is 16.0. The highest BCUT2D eigenvalue weighted by Gasteiger charge is 2.28. The Morgan fingerprint density at radius 1 is 1.24 bits per heavy atom. The fourth-order valence-corrected chi connectivity index (χ4v) is 4.11. The molecule has 0 radical (unpaired) electrons. The smallest absolute Gasteiger partial charge is 0.359 e. The van der Waals surface area contributed by atoms with Gasteiger partial charge in [0.2, 0.25) is 0 Å². The Bertz CT molecular complexity index is 1070. The fourth-order valence-electron chi connectivity index (χ4n) is 3.28. The van der Waals surface area contributed by atoms with Crippen LogP contribution in [0.15, 0.2) is 24.3 Å². The van der Waals surface area contributed by atoms with Crippen LogP contribution in [0.2, 0.25) is 0 Å². The highest BCUT2D eigenvalue weighted by molar-refractivity contribution is 7.15. The molecular formula is C20H19FN4O3S. The van der Waals surface area contributed by atoms with E-state index in [-0.39, 0.29) is 11.5 Å². The Morgan fingerprint density at radius 3 is 2.69 bits per heavy atom. The van der Waals surface area contributed by atoms with Crippen LogP contribution in [-0.4, -0.2) is 33.2 Å². The van der Waals surface area contributed by atoms with Crippen molar-refractivity contribution in [2.75, 3.05) is 11.9 Å². The molecule has 0 aliphatic heterocycles. The molecule has 0 saturated carbocycles. The number of hydrogen-bond acceptors (Lipinski definition) is 6. The predicted molar refractivity (Wildman–Crippen MR) is 106 cm³/mol. The number of anilines is 1. The van der Waals surface area contributed by atoms with Crippen molar-refractivity contribution in [2.45, 2.75) is 33.1 Å². The molecule has 2 aromatic heterocycles. The second kappa shape index (κ2) is 7.75. The van der Waals surface area contributed by atoms with Gasteiger partial charge < -0.3 is 4.74 Å². The van der Waals surface area contributed by atoms with Gasteiger partial charge in [-0.1, -0.05) is 0 Å². The van der Waals surface area contributed by atoms with E-state index in [1.54, 1.807) is 16.8 Å². The van der Waals surface area contributed by atoms with E-state index in [9.17, 15) is 14.0 Å². The van der Waals surface area contributed by atoms with Gasteiger partial charge in [-0.3, -0.25) is 10.1 Å². The molecule has 1 N–H and O–H groups in total. The van der Waals surface area contributed by atoms with Crippen molar-refractivity contribution in [3.05, 3.63) is 57.6 Å². The number of ether oxygens (including phenoxy) is 1. The molecule has 0 fully saturated rings. The van der Waals surface area contributed by atoms with Crippen molar-refractivity contribution < 1.29 is 18.7 Å². The third-order valence-electron chi connectivity index (χ3n) is 4.80. The van der Waals surface area contributed by atoms with Crippen molar-refractivity contribution in [1.29, 1.82) is 0 Å². The Balaban J connectivity index is 1.47. The molecule has 29 heavy (non-hydrogen) atoms. The van der Waals surface area contributed by atoms with Gasteiger partial charge in [-0.15, -0.1) is 11.3 Å². The summed E-state index contributed by atoms with van der Waals surface area (Å²) in [5.74, 6) is -1.44. The number of thiazole rings is 1. The quantitative estimate of drug-likeness (QED) is 0.647. The van der Waals surface area contributed by atoms with Crippen LogP contribution in [0.5, 0.6) is 0 Å². The third-order valence-corrected chi connectivity index (χ3v) is 5.79. The lowest BCUT2D eigenvalue weighted by Crippen LogP contribution is -2.21. The van der Waals surface area contributed by atoms with Crippen molar-refractivity contribution in [1.82, 2.24) is 14.8 Å². The summed E-state index contributed by atoms with van der Waals surface area (Å²) >= 11 is 1.37. The largest absolute Gasteiger partial charge is 0.451 e. The molecule has 7 nitrogen and oxygen atoms in total. The van der Waals surface area contributed by atoms with Gasteiger partial charge in [0, 0.05) is 16.1 Å². The summed E-state index contributed by atoms with van der Waals surface area (Å²) in [5.41, 5.74) is 3.48. The predicted octanol–water partition coefficient (Wildman–Crippen LogP) is 3.37. The monoisotopic (exact) mass is 414 g/mol. The average molecular weight is 414 g/mol. The topological polar surface area (TPSA) is 86.1 Å². The van der Waals surface area contributed by atoms with Gasteiger partial charge in [0.1, 0.15) is 5.82 Å². The van der Waals surface area contributed by atoms with Crippen molar-refractivity contribution >= 4 is 28.3 Å². The molecule has 1 aromatic carbocycles. The fraction of sp³-hybridized carbons (Fsp3) is 0.300. The van der Waals surface area contributed by atoms with Crippen LogP contribution in [0.25, 0.3) is 5.69 Å². The highest BCUT2D eigenvalue weighted by atomic mass is 32.1. The molecule has 1 aliphatic rings. The van der Waals surface area contributed by atoms with Gasteiger partial charge in [-0.25, -0.2) is 18.9 Å². The molecule has 150 valence electrons. The second-order valence-corrected chi connectivity index (χ2v) is 8.00. The Morgan fingerprint density at radius 2 is 2.00 bits per heavy atom. The normalized spacial score (nSPS) is 12.7. The van der Waals surface area contributed by atoms with E-state index in [1.807, 2.05) is 13.8 Å². The van der Waals surface area contributed by atoms with E-state index in [4.69, 9.17) is 4.74 Å². The zero-order chi connectivity index (χ0) is 20.5. The SMILES string of the molecule is Cc1nc(NC(=O)COC(=O)c2nn(-c3ccc(F)cc3)c3c2CCC3)sc1C. The zero-order valence-corrected chi connectivity index (χ0v) is 16.8. The number of benzene rings is 1. The number of carbonyl (C=O) groups is 2. The van der Waals surface area contributed by atoms with E-state index < -0.39 is 18.5 Å². The highest BCUT2D eigenvalue weighted by Crippen LogP contribution is 2.28. The molecule has 1 aliphatic carbocycles. The summed E-state index contributed by atoms with van der Waals surface area (Å²) in [7, 11) is 0. The van der Waals surface area contributed by atoms with Gasteiger partial charge >= 0.3 is 5.97 Å². The first kappa shape index (κ1) is 19.3. The number of fused-ring (bicyclic) bond motifs is 1. The lowest BCUT2D eigenvalue weighted by Gasteiger charge is -2.05. The lowest BCUT2D eigenvalue weighted by molar-refractivity contribution is -0.119. The molecule has 0 saturated heterocycles. The summed E-state index contributed by atoms with van der Waals surface area (Å²) in [6.45, 7) is 3.36. The number of rotatable bonds is 5. The van der Waals surface area contributed by atoms with Crippen molar-refractivity contribution in [3.63, 3.8) is 0 Å². The van der Waals surface area contributed by atoms with E-state index in [2.05, 4.69) is 15.4 Å². The number of halogens is 1. The number of hydrogen-bond donors (Lipinski definition) is 1. The maximum atomic E-state index is 13.2. The maximum absolute atomic E-state index is 13.2. The number of aryl methyl sites for hydroxylation is 2. The molecular weight excluding hydrogens is 395 g/mol. The standard InChI is InChI=1S/C20H19FN4O3S/c1-11-12(2)29-20(22-11)23-17(26)10-28-19(27)18-15-4-3-5-16(15)25(24-18)14-8-6-13(21)7-9-14/h6-9H,3-5,10H2,1-2H3,(H,22,23,26). The van der Waals surface area contributed by atoms with Crippen LogP contribution in [0.3, 0.4) is 0 Å². The van der Waals surface area contributed by atoms with Crippen LogP contribution in [0.1, 0.15) is 38.7 Å². The van der Waals surface area contributed by atoms with Gasteiger partial charge in [-0.2, -0.15) is 5.10 Å². The minimum Gasteiger partial charge on any atom is -0.451 e. The molecule has 0 bridgehead atoms. The maximum Gasteiger partial charge on any atom is 0.359 e. The van der Waals surface area contributed by atoms with Crippen molar-refractivity contribution in [3.8, 4) is 5.69 Å². The summed E-state index contributed by atoms with van der Waals surface area (Å²) < 4.78 is 20.1. The first-order valence-electron chi connectivity index (χ1n) is 9.20. The van der Waals surface area contributed by atoms with E-state index in [0.29, 0.717) is 17.2 Å². The number of carbonyl (C=O) groups excluding carboxylic acids is 2. The minimum absolute atomic E-state index is 0.204. The summed E-state index contributed by atoms with van der Waals surface area (Å²) in [6.07, 6.45) is 2.39. The average Bonchev–Trinajstić information content (AvgIpc) is 3.37. The Kier molecular flexibility index (Phi) is 5.14. The minimum atomic E-state index is -0.648. The number of nitrogens with one attached hydrogen (secondary N) is 1. The summed E-state index contributed by atoms with van der Waals surface area (Å²) in [6, 6.07) is 5.93. The molecule has 0 unspecified atom stereocenters. The second-order valence-electron chi connectivity index (χ2n) is 6.80. The Hall–Kier alpha value is -3.07. The molecule has 9 heteroatoms. The molecule has 0 atom stereocenters. The van der Waals surface area contributed by atoms with E-state index in [0.717, 1.165) is 34.7 Å². The van der Waals surface area contributed by atoms with Crippen molar-refractivity contribution in [2.24, 2.45) is 0 Å². The molecule has 1 amide bonds. The Labute approximate surface area is 170 Å². The lowest BCUT2D eigenvalue weighted by atomic mass is 10.2. The van der Waals surface area contributed by atoms with Crippen LogP contribution in [0.4, 0.5) is 9.52 Å². The third kappa shape index (κ3) is 3.91. The van der Waals surface area contributed by atoms with Gasteiger partial charge in [0.25, 0.3) is 5.91 Å². The van der Waals surface area contributed by atoms with Gasteiger partial charge in [0.15, 0.2) is 17.4 Å². The molecule has 3 aromatic rings. The van der Waals surface area contributed by atoms with Crippen LogP contribution in [0, 0.1) is 19.7 Å². The summed E-state index contributed by atoms with van der Waals surface area (Å²) in [5, 5.41) is 7.49. The first-order valence-corrected chi connectivity index (χ1v) is 10.0. The van der Waals surface area contributed by atoms with Gasteiger partial charge in [-0.05, 0) is 57.4 Å². The van der Waals surface area contributed by atoms with Gasteiger partial charge in [0.05, 0.1) is 11.4 Å².